The van der Waals surface area contributed by atoms with Gasteiger partial charge in [-0.3, -0.25) is 4.79 Å². The quantitative estimate of drug-likeness (QED) is 0.195. The molecule has 0 saturated carbocycles. The zero-order valence-corrected chi connectivity index (χ0v) is 19.2. The monoisotopic (exact) mass is 408 g/mol. The number of hydrogen-bond donors (Lipinski definition) is 1. The van der Waals surface area contributed by atoms with Gasteiger partial charge in [-0.2, -0.15) is 0 Å². The first-order valence-corrected chi connectivity index (χ1v) is 11.5. The second kappa shape index (κ2) is 19.8. The smallest absolute Gasteiger partial charge is 0.305 e. The van der Waals surface area contributed by atoms with E-state index in [0.29, 0.717) is 24.7 Å². The fourth-order valence-electron chi connectivity index (χ4n) is 2.76. The lowest BCUT2D eigenvalue weighted by Gasteiger charge is -2.06. The number of unbranched alkanes of at least 4 members (excludes halogenated alkanes) is 8. The molecule has 0 aromatic heterocycles. The molecule has 1 aromatic rings. The van der Waals surface area contributed by atoms with E-state index < -0.39 is 6.29 Å². The number of benzene rings is 1. The number of carbonyl (C=O) groups is 1. The van der Waals surface area contributed by atoms with Gasteiger partial charge in [0.2, 0.25) is 0 Å². The molecular formula is C25H44O4. The Morgan fingerprint density at radius 2 is 1.45 bits per heavy atom. The van der Waals surface area contributed by atoms with Crippen LogP contribution in [-0.2, 0) is 9.53 Å². The van der Waals surface area contributed by atoms with Crippen LogP contribution in [0.15, 0.2) is 30.3 Å². The summed E-state index contributed by atoms with van der Waals surface area (Å²) >= 11 is 0. The number of aliphatic hydroxyl groups excluding tert-OH is 1. The first-order valence-electron chi connectivity index (χ1n) is 11.5. The number of rotatable bonds is 15. The molecule has 0 aliphatic rings. The van der Waals surface area contributed by atoms with E-state index in [-0.39, 0.29) is 5.97 Å². The van der Waals surface area contributed by atoms with Crippen LogP contribution in [0.2, 0.25) is 0 Å². The van der Waals surface area contributed by atoms with E-state index in [2.05, 4.69) is 20.8 Å². The van der Waals surface area contributed by atoms with Crippen molar-refractivity contribution in [3.63, 3.8) is 0 Å². The van der Waals surface area contributed by atoms with Gasteiger partial charge in [-0.1, -0.05) is 90.3 Å². The molecule has 0 aliphatic carbocycles. The Kier molecular flexibility index (Phi) is 18.7. The standard InChI is InChI=1S/C17H34O2.C8H10O2/c1-4-5-6-7-8-9-10-11-12-13-17(18)19-15-14-16(2)3;1-7(9)10-8-5-3-2-4-6-8/h16H,4-15H2,1-3H3;2-7,9H,1H3. The molecule has 0 fully saturated rings. The third kappa shape index (κ3) is 21.0. The van der Waals surface area contributed by atoms with Crippen LogP contribution < -0.4 is 4.74 Å². The molecule has 4 heteroatoms. The molecule has 0 spiro atoms. The van der Waals surface area contributed by atoms with Crippen molar-refractivity contribution in [2.24, 2.45) is 5.92 Å². The highest BCUT2D eigenvalue weighted by Gasteiger charge is 2.03. The van der Waals surface area contributed by atoms with E-state index in [9.17, 15) is 4.79 Å². The second-order valence-electron chi connectivity index (χ2n) is 8.01. The third-order valence-electron chi connectivity index (χ3n) is 4.49. The topological polar surface area (TPSA) is 55.8 Å². The highest BCUT2D eigenvalue weighted by molar-refractivity contribution is 5.69. The molecule has 0 bridgehead atoms. The highest BCUT2D eigenvalue weighted by atomic mass is 16.6. The van der Waals surface area contributed by atoms with Crippen molar-refractivity contribution < 1.29 is 19.4 Å². The first kappa shape index (κ1) is 27.5. The maximum atomic E-state index is 11.4. The third-order valence-corrected chi connectivity index (χ3v) is 4.49. The van der Waals surface area contributed by atoms with Gasteiger partial charge in [-0.25, -0.2) is 0 Å². The largest absolute Gasteiger partial charge is 0.466 e. The summed E-state index contributed by atoms with van der Waals surface area (Å²) in [6.07, 6.45) is 12.4. The summed E-state index contributed by atoms with van der Waals surface area (Å²) in [5.74, 6) is 1.29. The lowest BCUT2D eigenvalue weighted by molar-refractivity contribution is -0.144. The van der Waals surface area contributed by atoms with Crippen molar-refractivity contribution in [2.75, 3.05) is 6.61 Å². The Morgan fingerprint density at radius 1 is 0.897 bits per heavy atom. The van der Waals surface area contributed by atoms with Crippen molar-refractivity contribution in [1.29, 1.82) is 0 Å². The fraction of sp³-hybridized carbons (Fsp3) is 0.720. The van der Waals surface area contributed by atoms with E-state index in [0.717, 1.165) is 12.8 Å². The highest BCUT2D eigenvalue weighted by Crippen LogP contribution is 2.11. The summed E-state index contributed by atoms with van der Waals surface area (Å²) in [6, 6.07) is 9.21. The molecule has 1 aromatic carbocycles. The first-order chi connectivity index (χ1) is 14.0. The maximum Gasteiger partial charge on any atom is 0.305 e. The van der Waals surface area contributed by atoms with Crippen LogP contribution in [0, 0.1) is 5.92 Å². The number of carbonyl (C=O) groups excluding carboxylic acids is 1. The van der Waals surface area contributed by atoms with E-state index in [1.165, 1.54) is 51.4 Å². The van der Waals surface area contributed by atoms with Crippen molar-refractivity contribution in [3.8, 4) is 5.75 Å². The van der Waals surface area contributed by atoms with Crippen LogP contribution in [0.5, 0.6) is 5.75 Å². The van der Waals surface area contributed by atoms with Crippen molar-refractivity contribution in [1.82, 2.24) is 0 Å². The van der Waals surface area contributed by atoms with Crippen LogP contribution in [-0.4, -0.2) is 24.0 Å². The summed E-state index contributed by atoms with van der Waals surface area (Å²) in [5.41, 5.74) is 0. The molecule has 1 unspecified atom stereocenters. The molecule has 4 nitrogen and oxygen atoms in total. The molecule has 1 N–H and O–H groups in total. The number of esters is 1. The summed E-state index contributed by atoms with van der Waals surface area (Å²) in [6.45, 7) is 8.71. The normalized spacial score (nSPS) is 11.5. The van der Waals surface area contributed by atoms with E-state index in [4.69, 9.17) is 14.6 Å². The van der Waals surface area contributed by atoms with E-state index in [1.54, 1.807) is 19.1 Å². The zero-order chi connectivity index (χ0) is 21.7. The molecular weight excluding hydrogens is 364 g/mol. The van der Waals surface area contributed by atoms with Crippen LogP contribution in [0.25, 0.3) is 0 Å². The predicted octanol–water partition coefficient (Wildman–Crippen LogP) is 6.90. The zero-order valence-electron chi connectivity index (χ0n) is 19.2. The summed E-state index contributed by atoms with van der Waals surface area (Å²) in [5, 5.41) is 8.78. The average Bonchev–Trinajstić information content (AvgIpc) is 2.67. The van der Waals surface area contributed by atoms with Crippen molar-refractivity contribution in [3.05, 3.63) is 30.3 Å². The van der Waals surface area contributed by atoms with Crippen molar-refractivity contribution in [2.45, 2.75) is 105 Å². The van der Waals surface area contributed by atoms with Gasteiger partial charge in [0.1, 0.15) is 5.75 Å². The molecule has 0 aliphatic heterocycles. The molecule has 1 rings (SSSR count). The Hall–Kier alpha value is -1.55. The average molecular weight is 409 g/mol. The maximum absolute atomic E-state index is 11.4. The SMILES string of the molecule is CC(O)Oc1ccccc1.CCCCCCCCCCCC(=O)OCCC(C)C. The minimum atomic E-state index is -0.734. The van der Waals surface area contributed by atoms with Gasteiger partial charge >= 0.3 is 5.97 Å². The molecule has 0 heterocycles. The van der Waals surface area contributed by atoms with Gasteiger partial charge in [0.15, 0.2) is 6.29 Å². The van der Waals surface area contributed by atoms with Crippen LogP contribution >= 0.6 is 0 Å². The molecule has 0 radical (unpaired) electrons. The molecule has 0 amide bonds. The molecule has 1 atom stereocenters. The minimum Gasteiger partial charge on any atom is -0.466 e. The van der Waals surface area contributed by atoms with E-state index in [1.807, 2.05) is 18.2 Å². The number of ether oxygens (including phenoxy) is 2. The number of aliphatic hydroxyl groups is 1. The van der Waals surface area contributed by atoms with Crippen molar-refractivity contribution >= 4 is 5.97 Å². The van der Waals surface area contributed by atoms with Gasteiger partial charge < -0.3 is 14.6 Å². The fourth-order valence-corrected chi connectivity index (χ4v) is 2.76. The van der Waals surface area contributed by atoms with Gasteiger partial charge in [0.05, 0.1) is 6.61 Å². The number of hydrogen-bond acceptors (Lipinski definition) is 4. The Bertz CT molecular complexity index is 471. The minimum absolute atomic E-state index is 0.0106. The van der Waals surface area contributed by atoms with Crippen LogP contribution in [0.3, 0.4) is 0 Å². The summed E-state index contributed by atoms with van der Waals surface area (Å²) in [7, 11) is 0. The lowest BCUT2D eigenvalue weighted by atomic mass is 10.1. The second-order valence-corrected chi connectivity index (χ2v) is 8.01. The summed E-state index contributed by atoms with van der Waals surface area (Å²) < 4.78 is 10.2. The Balaban J connectivity index is 0.000000651. The van der Waals surface area contributed by atoms with Gasteiger partial charge in [-0.15, -0.1) is 0 Å². The molecule has 29 heavy (non-hydrogen) atoms. The van der Waals surface area contributed by atoms with E-state index >= 15 is 0 Å². The van der Waals surface area contributed by atoms with Gasteiger partial charge in [0, 0.05) is 6.42 Å². The Morgan fingerprint density at radius 3 is 1.97 bits per heavy atom. The molecule has 168 valence electrons. The van der Waals surface area contributed by atoms with Crippen LogP contribution in [0.1, 0.15) is 98.3 Å². The number of para-hydroxylation sites is 1. The predicted molar refractivity (Wildman–Crippen MR) is 121 cm³/mol. The molecule has 0 saturated heterocycles. The lowest BCUT2D eigenvalue weighted by Crippen LogP contribution is -2.08. The summed E-state index contributed by atoms with van der Waals surface area (Å²) in [4.78, 5) is 11.4. The Labute approximate surface area is 179 Å². The van der Waals surface area contributed by atoms with Gasteiger partial charge in [0.25, 0.3) is 0 Å². The van der Waals surface area contributed by atoms with Gasteiger partial charge in [-0.05, 0) is 37.8 Å². The van der Waals surface area contributed by atoms with Crippen LogP contribution in [0.4, 0.5) is 0 Å².